The van der Waals surface area contributed by atoms with Crippen LogP contribution < -0.4 is 0 Å². The van der Waals surface area contributed by atoms with Crippen LogP contribution in [-0.4, -0.2) is 27.9 Å². The van der Waals surface area contributed by atoms with E-state index >= 15 is 0 Å². The maximum atomic E-state index is 12.1. The molecule has 0 aliphatic carbocycles. The number of allylic oxidation sites excluding steroid dienone is 2. The molecule has 0 aromatic heterocycles. The lowest BCUT2D eigenvalue weighted by Crippen LogP contribution is -2.29. The third-order valence-electron chi connectivity index (χ3n) is 4.20. The number of hydrogen-bond donors (Lipinski definition) is 2. The standard InChI is InChI=1S/C20H19NO3/c1-21-16(7-2-14-3-8-17(22)9-4-14)12-19(24)13-20(21)15-5-10-18(23)11-6-15/h2-12,20,22-23H,13H2,1H3/b7-2+. The second-order valence-corrected chi connectivity index (χ2v) is 5.88. The molecular weight excluding hydrogens is 302 g/mol. The van der Waals surface area contributed by atoms with Crippen LogP contribution in [0.4, 0.5) is 0 Å². The van der Waals surface area contributed by atoms with Crippen LogP contribution in [-0.2, 0) is 4.79 Å². The molecular formula is C20H19NO3. The lowest BCUT2D eigenvalue weighted by Gasteiger charge is -2.34. The summed E-state index contributed by atoms with van der Waals surface area (Å²) in [5.74, 6) is 0.520. The molecule has 4 heteroatoms. The fourth-order valence-corrected chi connectivity index (χ4v) is 2.80. The molecule has 0 bridgehead atoms. The van der Waals surface area contributed by atoms with Gasteiger partial charge in [-0.05, 0) is 41.5 Å². The fourth-order valence-electron chi connectivity index (χ4n) is 2.80. The molecule has 122 valence electrons. The predicted molar refractivity (Wildman–Crippen MR) is 93.5 cm³/mol. The number of ketones is 1. The lowest BCUT2D eigenvalue weighted by atomic mass is 9.95. The highest BCUT2D eigenvalue weighted by Gasteiger charge is 2.25. The first-order valence-corrected chi connectivity index (χ1v) is 7.76. The average Bonchev–Trinajstić information content (AvgIpc) is 2.57. The maximum Gasteiger partial charge on any atom is 0.160 e. The van der Waals surface area contributed by atoms with Crippen molar-refractivity contribution in [3.8, 4) is 11.5 Å². The fraction of sp³-hybridized carbons (Fsp3) is 0.150. The van der Waals surface area contributed by atoms with E-state index in [9.17, 15) is 15.0 Å². The Morgan fingerprint density at radius 3 is 2.17 bits per heavy atom. The van der Waals surface area contributed by atoms with Crippen molar-refractivity contribution >= 4 is 11.9 Å². The number of aromatic hydroxyl groups is 2. The Morgan fingerprint density at radius 2 is 1.54 bits per heavy atom. The Hall–Kier alpha value is -3.01. The van der Waals surface area contributed by atoms with Gasteiger partial charge in [0.25, 0.3) is 0 Å². The topological polar surface area (TPSA) is 60.8 Å². The zero-order valence-electron chi connectivity index (χ0n) is 13.4. The van der Waals surface area contributed by atoms with Gasteiger partial charge in [0.2, 0.25) is 0 Å². The van der Waals surface area contributed by atoms with Gasteiger partial charge < -0.3 is 15.1 Å². The number of benzene rings is 2. The lowest BCUT2D eigenvalue weighted by molar-refractivity contribution is -0.116. The molecule has 1 aliphatic heterocycles. The minimum atomic E-state index is -0.0532. The number of phenols is 2. The number of carbonyl (C=O) groups excluding carboxylic acids is 1. The summed E-state index contributed by atoms with van der Waals surface area (Å²) < 4.78 is 0. The predicted octanol–water partition coefficient (Wildman–Crippen LogP) is 3.64. The van der Waals surface area contributed by atoms with Gasteiger partial charge >= 0.3 is 0 Å². The molecule has 0 spiro atoms. The summed E-state index contributed by atoms with van der Waals surface area (Å²) in [5, 5.41) is 18.8. The summed E-state index contributed by atoms with van der Waals surface area (Å²) in [6, 6.07) is 13.8. The van der Waals surface area contributed by atoms with Crippen LogP contribution in [0.2, 0.25) is 0 Å². The Bertz CT molecular complexity index is 789. The molecule has 0 saturated carbocycles. The van der Waals surface area contributed by atoms with Gasteiger partial charge in [0.1, 0.15) is 11.5 Å². The van der Waals surface area contributed by atoms with Crippen LogP contribution in [0.3, 0.4) is 0 Å². The van der Waals surface area contributed by atoms with Gasteiger partial charge in [-0.25, -0.2) is 0 Å². The number of nitrogens with zero attached hydrogens (tertiary/aromatic N) is 1. The molecule has 3 rings (SSSR count). The summed E-state index contributed by atoms with van der Waals surface area (Å²) in [6.45, 7) is 0. The molecule has 4 nitrogen and oxygen atoms in total. The highest BCUT2D eigenvalue weighted by Crippen LogP contribution is 2.32. The Morgan fingerprint density at radius 1 is 0.958 bits per heavy atom. The zero-order valence-corrected chi connectivity index (χ0v) is 13.4. The molecule has 1 aliphatic rings. The summed E-state index contributed by atoms with van der Waals surface area (Å²) in [4.78, 5) is 14.2. The first kappa shape index (κ1) is 15.9. The summed E-state index contributed by atoms with van der Waals surface area (Å²) in [6.07, 6.45) is 5.87. The first-order valence-electron chi connectivity index (χ1n) is 7.76. The monoisotopic (exact) mass is 321 g/mol. The van der Waals surface area contributed by atoms with Crippen LogP contribution in [0, 0.1) is 0 Å². The van der Waals surface area contributed by atoms with E-state index in [1.807, 2.05) is 43.5 Å². The van der Waals surface area contributed by atoms with Crippen molar-refractivity contribution in [1.82, 2.24) is 4.90 Å². The van der Waals surface area contributed by atoms with Gasteiger partial charge in [-0.2, -0.15) is 0 Å². The van der Waals surface area contributed by atoms with Gasteiger partial charge in [0.05, 0.1) is 6.04 Å². The second kappa shape index (κ2) is 6.62. The number of likely N-dealkylation sites (N-methyl/N-ethyl adjacent to an activating group) is 1. The second-order valence-electron chi connectivity index (χ2n) is 5.88. The third kappa shape index (κ3) is 3.49. The minimum absolute atomic E-state index is 0.0532. The summed E-state index contributed by atoms with van der Waals surface area (Å²) in [5.41, 5.74) is 2.77. The highest BCUT2D eigenvalue weighted by molar-refractivity contribution is 5.92. The van der Waals surface area contributed by atoms with E-state index in [1.165, 1.54) is 0 Å². The van der Waals surface area contributed by atoms with Crippen LogP contribution in [0.25, 0.3) is 6.08 Å². The van der Waals surface area contributed by atoms with E-state index in [-0.39, 0.29) is 23.3 Å². The largest absolute Gasteiger partial charge is 0.508 e. The summed E-state index contributed by atoms with van der Waals surface area (Å²) >= 11 is 0. The van der Waals surface area contributed by atoms with E-state index in [4.69, 9.17) is 0 Å². The van der Waals surface area contributed by atoms with E-state index in [1.54, 1.807) is 30.3 Å². The quantitative estimate of drug-likeness (QED) is 0.906. The Labute approximate surface area is 141 Å². The van der Waals surface area contributed by atoms with Crippen molar-refractivity contribution in [1.29, 1.82) is 0 Å². The number of hydrogen-bond acceptors (Lipinski definition) is 4. The van der Waals surface area contributed by atoms with Crippen molar-refractivity contribution in [2.45, 2.75) is 12.5 Å². The van der Waals surface area contributed by atoms with Crippen LogP contribution in [0.15, 0.2) is 66.4 Å². The molecule has 1 unspecified atom stereocenters. The highest BCUT2D eigenvalue weighted by atomic mass is 16.3. The van der Waals surface area contributed by atoms with Gasteiger partial charge in [-0.3, -0.25) is 4.79 Å². The minimum Gasteiger partial charge on any atom is -0.508 e. The molecule has 0 saturated heterocycles. The molecule has 2 aromatic rings. The molecule has 24 heavy (non-hydrogen) atoms. The average molecular weight is 321 g/mol. The van der Waals surface area contributed by atoms with E-state index in [0.29, 0.717) is 6.42 Å². The Kier molecular flexibility index (Phi) is 4.38. The number of phenolic OH excluding ortho intramolecular Hbond substituents is 2. The van der Waals surface area contributed by atoms with Crippen LogP contribution in [0.1, 0.15) is 23.6 Å². The van der Waals surface area contributed by atoms with E-state index in [0.717, 1.165) is 16.8 Å². The van der Waals surface area contributed by atoms with Gasteiger partial charge in [0, 0.05) is 25.2 Å². The smallest absolute Gasteiger partial charge is 0.160 e. The SMILES string of the molecule is CN1C(/C=C/c2ccc(O)cc2)=CC(=O)CC1c1ccc(O)cc1. The van der Waals surface area contributed by atoms with Crippen LogP contribution in [0.5, 0.6) is 11.5 Å². The summed E-state index contributed by atoms with van der Waals surface area (Å²) in [7, 11) is 1.96. The molecule has 2 N–H and O–H groups in total. The van der Waals surface area contributed by atoms with E-state index < -0.39 is 0 Å². The van der Waals surface area contributed by atoms with Gasteiger partial charge in [-0.1, -0.05) is 30.3 Å². The van der Waals surface area contributed by atoms with Gasteiger partial charge in [0.15, 0.2) is 5.78 Å². The maximum absolute atomic E-state index is 12.1. The normalized spacial score (nSPS) is 18.0. The molecule has 1 heterocycles. The first-order chi connectivity index (χ1) is 11.5. The van der Waals surface area contributed by atoms with Crippen molar-refractivity contribution < 1.29 is 15.0 Å². The van der Waals surface area contributed by atoms with Crippen molar-refractivity contribution in [2.75, 3.05) is 7.05 Å². The zero-order chi connectivity index (χ0) is 17.1. The molecule has 0 fully saturated rings. The van der Waals surface area contributed by atoms with Crippen molar-refractivity contribution in [2.24, 2.45) is 0 Å². The number of rotatable bonds is 3. The van der Waals surface area contributed by atoms with Crippen LogP contribution >= 0.6 is 0 Å². The third-order valence-corrected chi connectivity index (χ3v) is 4.20. The molecule has 1 atom stereocenters. The van der Waals surface area contributed by atoms with Crippen molar-refractivity contribution in [3.05, 3.63) is 77.5 Å². The molecule has 0 radical (unpaired) electrons. The molecule has 0 amide bonds. The van der Waals surface area contributed by atoms with E-state index in [2.05, 4.69) is 4.90 Å². The van der Waals surface area contributed by atoms with Gasteiger partial charge in [-0.15, -0.1) is 0 Å². The Balaban J connectivity index is 1.83. The molecule has 2 aromatic carbocycles. The number of carbonyl (C=O) groups is 1. The van der Waals surface area contributed by atoms with Crippen molar-refractivity contribution in [3.63, 3.8) is 0 Å².